The van der Waals surface area contributed by atoms with Crippen LogP contribution in [-0.4, -0.2) is 23.0 Å². The van der Waals surface area contributed by atoms with E-state index in [0.29, 0.717) is 5.65 Å². The first-order valence-electron chi connectivity index (χ1n) is 3.44. The monoisotopic (exact) mass is 251 g/mol. The Morgan fingerprint density at radius 2 is 2.14 bits per heavy atom. The number of nitrogens with zero attached hydrogens (tertiary/aromatic N) is 3. The molecule has 74 valence electrons. The highest BCUT2D eigenvalue weighted by atomic mass is 35.7. The highest BCUT2D eigenvalue weighted by Crippen LogP contribution is 2.24. The Labute approximate surface area is 88.7 Å². The molecule has 0 aliphatic carbocycles. The van der Waals surface area contributed by atoms with Gasteiger partial charge in [-0.15, -0.1) is 0 Å². The topological polar surface area (TPSA) is 64.3 Å². The molecular weight excluding hydrogens is 249 g/mol. The number of imidazole rings is 1. The molecule has 2 heterocycles. The maximum absolute atomic E-state index is 11.1. The van der Waals surface area contributed by atoms with Crippen LogP contribution in [0.5, 0.6) is 0 Å². The summed E-state index contributed by atoms with van der Waals surface area (Å²) >= 11 is 5.62. The van der Waals surface area contributed by atoms with Gasteiger partial charge in [0.1, 0.15) is 0 Å². The van der Waals surface area contributed by atoms with Crippen LogP contribution in [-0.2, 0) is 9.05 Å². The third-order valence-electron chi connectivity index (χ3n) is 1.54. The third kappa shape index (κ3) is 1.45. The smallest absolute Gasteiger partial charge is 0.214 e. The van der Waals surface area contributed by atoms with Gasteiger partial charge in [0.2, 0.25) is 5.03 Å². The van der Waals surface area contributed by atoms with Gasteiger partial charge < -0.3 is 0 Å². The summed E-state index contributed by atoms with van der Waals surface area (Å²) in [6.07, 6.45) is 1.41. The van der Waals surface area contributed by atoms with E-state index in [0.717, 1.165) is 4.52 Å². The number of hydrogen-bond acceptors (Lipinski definition) is 4. The molecule has 2 rings (SSSR count). The first-order valence-corrected chi connectivity index (χ1v) is 6.13. The number of aromatic nitrogens is 3. The molecule has 0 fully saturated rings. The van der Waals surface area contributed by atoms with Gasteiger partial charge in [-0.05, 0) is 12.1 Å². The van der Waals surface area contributed by atoms with Crippen molar-refractivity contribution < 1.29 is 8.42 Å². The summed E-state index contributed by atoms with van der Waals surface area (Å²) in [5.41, 5.74) is 0.330. The second kappa shape index (κ2) is 3.08. The normalized spacial score (nSPS) is 12.1. The average Bonchev–Trinajstić information content (AvgIpc) is 2.38. The zero-order valence-electron chi connectivity index (χ0n) is 6.55. The lowest BCUT2D eigenvalue weighted by atomic mass is 10.6. The molecule has 0 aromatic carbocycles. The minimum Gasteiger partial charge on any atom is -0.214 e. The largest absolute Gasteiger partial charge is 0.281 e. The van der Waals surface area contributed by atoms with Crippen LogP contribution in [0.4, 0.5) is 0 Å². The molecule has 0 aliphatic rings. The molecule has 8 heteroatoms. The van der Waals surface area contributed by atoms with Crippen LogP contribution in [0.2, 0.25) is 5.15 Å². The number of rotatable bonds is 1. The van der Waals surface area contributed by atoms with Crippen LogP contribution in [0.3, 0.4) is 0 Å². The predicted octanol–water partition coefficient (Wildman–Crippen LogP) is 1.31. The molecule has 0 spiro atoms. The molecule has 2 aromatic heterocycles. The zero-order chi connectivity index (χ0) is 10.3. The van der Waals surface area contributed by atoms with E-state index in [1.807, 2.05) is 0 Å². The number of hydrogen-bond donors (Lipinski definition) is 0. The highest BCUT2D eigenvalue weighted by molar-refractivity contribution is 8.13. The molecule has 2 aromatic rings. The maximum Gasteiger partial charge on any atom is 0.281 e. The van der Waals surface area contributed by atoms with Crippen molar-refractivity contribution in [1.29, 1.82) is 0 Å². The van der Waals surface area contributed by atoms with Crippen molar-refractivity contribution in [2.75, 3.05) is 0 Å². The summed E-state index contributed by atoms with van der Waals surface area (Å²) in [6, 6.07) is 3.19. The van der Waals surface area contributed by atoms with Crippen LogP contribution in [0.1, 0.15) is 0 Å². The van der Waals surface area contributed by atoms with E-state index in [1.165, 1.54) is 6.20 Å². The lowest BCUT2D eigenvalue weighted by molar-refractivity contribution is 0.602. The van der Waals surface area contributed by atoms with Crippen molar-refractivity contribution in [2.45, 2.75) is 5.03 Å². The highest BCUT2D eigenvalue weighted by Gasteiger charge is 2.22. The first-order chi connectivity index (χ1) is 6.50. The van der Waals surface area contributed by atoms with Crippen molar-refractivity contribution in [2.24, 2.45) is 0 Å². The fourth-order valence-corrected chi connectivity index (χ4v) is 2.64. The third-order valence-corrected chi connectivity index (χ3v) is 3.19. The Morgan fingerprint density at radius 1 is 1.43 bits per heavy atom. The molecule has 0 saturated heterocycles. The number of halogens is 2. The van der Waals surface area contributed by atoms with Gasteiger partial charge in [-0.2, -0.15) is 9.61 Å². The first kappa shape index (κ1) is 9.70. The molecule has 0 bridgehead atoms. The van der Waals surface area contributed by atoms with E-state index in [9.17, 15) is 8.42 Å². The standard InChI is InChI=1S/C6H3Cl2N3O2S/c7-5-6(14(8,12)13)11-4(10-5)2-1-3-9-11/h1-3H. The van der Waals surface area contributed by atoms with E-state index in [-0.39, 0.29) is 10.2 Å². The fraction of sp³-hybridized carbons (Fsp3) is 0. The van der Waals surface area contributed by atoms with Crippen LogP contribution in [0, 0.1) is 0 Å². The van der Waals surface area contributed by atoms with Gasteiger partial charge >= 0.3 is 0 Å². The second-order valence-electron chi connectivity index (χ2n) is 2.44. The van der Waals surface area contributed by atoms with Crippen LogP contribution < -0.4 is 0 Å². The van der Waals surface area contributed by atoms with E-state index < -0.39 is 9.05 Å². The van der Waals surface area contributed by atoms with Crippen LogP contribution in [0.15, 0.2) is 23.4 Å². The van der Waals surface area contributed by atoms with Gasteiger partial charge in [-0.1, -0.05) is 11.6 Å². The van der Waals surface area contributed by atoms with Gasteiger partial charge in [0.15, 0.2) is 10.8 Å². The van der Waals surface area contributed by atoms with Gasteiger partial charge in [0.05, 0.1) is 0 Å². The SMILES string of the molecule is O=S(=O)(Cl)c1c(Cl)nc2cccnn12. The quantitative estimate of drug-likeness (QED) is 0.718. The Balaban J connectivity index is 2.95. The van der Waals surface area contributed by atoms with Crippen molar-refractivity contribution in [1.82, 2.24) is 14.6 Å². The maximum atomic E-state index is 11.1. The van der Waals surface area contributed by atoms with E-state index >= 15 is 0 Å². The molecule has 0 atom stereocenters. The summed E-state index contributed by atoms with van der Waals surface area (Å²) in [5, 5.41) is 3.28. The van der Waals surface area contributed by atoms with Gasteiger partial charge in [-0.25, -0.2) is 13.4 Å². The van der Waals surface area contributed by atoms with Crippen LogP contribution in [0.25, 0.3) is 5.65 Å². The zero-order valence-corrected chi connectivity index (χ0v) is 8.88. The van der Waals surface area contributed by atoms with Crippen LogP contribution >= 0.6 is 22.3 Å². The van der Waals surface area contributed by atoms with Crippen molar-refractivity contribution in [3.63, 3.8) is 0 Å². The lowest BCUT2D eigenvalue weighted by Crippen LogP contribution is -2.00. The minimum atomic E-state index is -3.94. The molecule has 0 N–H and O–H groups in total. The van der Waals surface area contributed by atoms with Crippen molar-refractivity contribution in [3.8, 4) is 0 Å². The Morgan fingerprint density at radius 3 is 2.79 bits per heavy atom. The average molecular weight is 252 g/mol. The molecule has 0 saturated carbocycles. The van der Waals surface area contributed by atoms with E-state index in [2.05, 4.69) is 10.1 Å². The van der Waals surface area contributed by atoms with Crippen molar-refractivity contribution in [3.05, 3.63) is 23.5 Å². The summed E-state index contributed by atoms with van der Waals surface area (Å²) in [7, 11) is 1.23. The molecule has 5 nitrogen and oxygen atoms in total. The lowest BCUT2D eigenvalue weighted by Gasteiger charge is -1.94. The summed E-state index contributed by atoms with van der Waals surface area (Å²) < 4.78 is 23.3. The molecule has 0 radical (unpaired) electrons. The Bertz CT molecular complexity index is 592. The molecule has 0 unspecified atom stereocenters. The fourth-order valence-electron chi connectivity index (χ4n) is 1.04. The summed E-state index contributed by atoms with van der Waals surface area (Å²) in [4.78, 5) is 3.78. The Hall–Kier alpha value is -0.850. The molecule has 14 heavy (non-hydrogen) atoms. The van der Waals surface area contributed by atoms with E-state index in [4.69, 9.17) is 22.3 Å². The summed E-state index contributed by atoms with van der Waals surface area (Å²) in [5.74, 6) is 0. The van der Waals surface area contributed by atoms with Gasteiger partial charge in [0.25, 0.3) is 9.05 Å². The Kier molecular flexibility index (Phi) is 2.13. The van der Waals surface area contributed by atoms with E-state index in [1.54, 1.807) is 12.1 Å². The predicted molar refractivity (Wildman–Crippen MR) is 51.0 cm³/mol. The minimum absolute atomic E-state index is 0.182. The summed E-state index contributed by atoms with van der Waals surface area (Å²) in [6.45, 7) is 0. The molecule has 0 amide bonds. The molecule has 0 aliphatic heterocycles. The van der Waals surface area contributed by atoms with Gasteiger partial charge in [-0.3, -0.25) is 0 Å². The second-order valence-corrected chi connectivity index (χ2v) is 5.28. The van der Waals surface area contributed by atoms with Gasteiger partial charge in [0, 0.05) is 16.9 Å². The van der Waals surface area contributed by atoms with Crippen molar-refractivity contribution >= 4 is 37.0 Å². The number of fused-ring (bicyclic) bond motifs is 1. The molecular formula is C6H3Cl2N3O2S.